The van der Waals surface area contributed by atoms with Crippen LogP contribution in [0.3, 0.4) is 0 Å². The Kier molecular flexibility index (Phi) is 4.01. The number of rotatable bonds is 3. The van der Waals surface area contributed by atoms with E-state index in [1.807, 2.05) is 27.7 Å². The maximum absolute atomic E-state index is 11.5. The molecule has 0 spiro atoms. The first-order valence-corrected chi connectivity index (χ1v) is 5.55. The fraction of sp³-hybridized carbons (Fsp3) is 0.727. The van der Waals surface area contributed by atoms with Crippen molar-refractivity contribution in [1.29, 1.82) is 0 Å². The highest BCUT2D eigenvalue weighted by Crippen LogP contribution is 2.36. The van der Waals surface area contributed by atoms with Crippen LogP contribution in [0.5, 0.6) is 0 Å². The van der Waals surface area contributed by atoms with Gasteiger partial charge < -0.3 is 9.31 Å². The Morgan fingerprint density at radius 1 is 1.24 bits per heavy atom. The third-order valence-corrected chi connectivity index (χ3v) is 3.25. The van der Waals surface area contributed by atoms with Crippen molar-refractivity contribution in [2.75, 3.05) is 14.2 Å². The van der Waals surface area contributed by atoms with Gasteiger partial charge >= 0.3 is 7.12 Å². The largest absolute Gasteiger partial charge is 0.487 e. The van der Waals surface area contributed by atoms with Gasteiger partial charge in [-0.1, -0.05) is 0 Å². The van der Waals surface area contributed by atoms with E-state index in [1.165, 1.54) is 20.2 Å². The van der Waals surface area contributed by atoms with Crippen molar-refractivity contribution in [3.63, 3.8) is 0 Å². The number of carbonyl (C=O) groups is 1. The van der Waals surface area contributed by atoms with Gasteiger partial charge in [-0.05, 0) is 39.7 Å². The minimum absolute atomic E-state index is 0.262. The maximum Gasteiger partial charge on any atom is 0.487 e. The van der Waals surface area contributed by atoms with E-state index in [0.29, 0.717) is 0 Å². The highest BCUT2D eigenvalue weighted by Gasteiger charge is 2.50. The monoisotopic (exact) mass is 241 g/mol. The summed E-state index contributed by atoms with van der Waals surface area (Å²) in [5, 5.41) is 1.13. The van der Waals surface area contributed by atoms with E-state index in [1.54, 1.807) is 5.98 Å². The number of carbonyl (C=O) groups excluding carboxylic acids is 1. The molecule has 0 aromatic rings. The fourth-order valence-electron chi connectivity index (χ4n) is 1.32. The number of nitrogens with zero attached hydrogens (tertiary/aromatic N) is 1. The summed E-state index contributed by atoms with van der Waals surface area (Å²) in [4.78, 5) is 16.2. The predicted molar refractivity (Wildman–Crippen MR) is 65.0 cm³/mol. The molecule has 5 nitrogen and oxygen atoms in total. The van der Waals surface area contributed by atoms with Crippen molar-refractivity contribution in [3.8, 4) is 0 Å². The van der Waals surface area contributed by atoms with Gasteiger partial charge in [-0.3, -0.25) is 9.63 Å². The lowest BCUT2D eigenvalue weighted by Crippen LogP contribution is -2.41. The first-order valence-electron chi connectivity index (χ1n) is 5.55. The van der Waals surface area contributed by atoms with E-state index in [-0.39, 0.29) is 5.91 Å². The molecule has 1 amide bonds. The quantitative estimate of drug-likeness (QED) is 0.423. The Morgan fingerprint density at radius 3 is 2.12 bits per heavy atom. The smallest absolute Gasteiger partial charge is 0.400 e. The summed E-state index contributed by atoms with van der Waals surface area (Å²) in [5.74, 6) is 1.33. The lowest BCUT2D eigenvalue weighted by atomic mass is 9.90. The summed E-state index contributed by atoms with van der Waals surface area (Å²) in [6.45, 7) is 7.85. The zero-order valence-corrected chi connectivity index (χ0v) is 11.3. The molecule has 0 N–H and O–H groups in total. The maximum atomic E-state index is 11.5. The molecule has 0 saturated carbocycles. The summed E-state index contributed by atoms with van der Waals surface area (Å²) in [7, 11) is 2.46. The molecule has 1 saturated heterocycles. The fourth-order valence-corrected chi connectivity index (χ4v) is 1.32. The lowest BCUT2D eigenvalue weighted by Gasteiger charge is -2.32. The molecule has 0 radical (unpaired) electrons. The SMILES string of the molecule is CON(C)C(=O)C=CB1OC(C)(C)C(C)(C)O1. The average Bonchev–Trinajstić information content (AvgIpc) is 2.43. The first kappa shape index (κ1) is 14.2. The van der Waals surface area contributed by atoms with E-state index >= 15 is 0 Å². The van der Waals surface area contributed by atoms with Gasteiger partial charge in [0.15, 0.2) is 0 Å². The van der Waals surface area contributed by atoms with Crippen molar-refractivity contribution in [3.05, 3.63) is 12.1 Å². The zero-order chi connectivity index (χ0) is 13.3. The van der Waals surface area contributed by atoms with Crippen LogP contribution in [0.4, 0.5) is 0 Å². The number of hydrogen-bond acceptors (Lipinski definition) is 4. The minimum atomic E-state index is -0.505. The van der Waals surface area contributed by atoms with Crippen LogP contribution in [0.15, 0.2) is 12.1 Å². The number of hydrogen-bond donors (Lipinski definition) is 0. The van der Waals surface area contributed by atoms with Gasteiger partial charge in [-0.2, -0.15) is 0 Å². The van der Waals surface area contributed by atoms with Crippen LogP contribution in [0, 0.1) is 0 Å². The molecule has 0 aromatic carbocycles. The Labute approximate surface area is 103 Å². The second-order valence-electron chi connectivity index (χ2n) is 5.00. The second kappa shape index (κ2) is 4.80. The summed E-state index contributed by atoms with van der Waals surface area (Å²) in [6, 6.07) is 0. The molecule has 0 aromatic heterocycles. The second-order valence-corrected chi connectivity index (χ2v) is 5.00. The van der Waals surface area contributed by atoms with Crippen LogP contribution in [0.25, 0.3) is 0 Å². The molecular weight excluding hydrogens is 221 g/mol. The molecular formula is C11H20BNO4. The van der Waals surface area contributed by atoms with Gasteiger partial charge in [-0.15, -0.1) is 0 Å². The summed E-state index contributed by atoms with van der Waals surface area (Å²) >= 11 is 0. The third kappa shape index (κ3) is 3.09. The van der Waals surface area contributed by atoms with Gasteiger partial charge in [0.25, 0.3) is 5.91 Å². The van der Waals surface area contributed by atoms with Crippen LogP contribution in [-0.2, 0) is 18.9 Å². The Balaban J connectivity index is 2.62. The third-order valence-electron chi connectivity index (χ3n) is 3.25. The van der Waals surface area contributed by atoms with Gasteiger partial charge in [0.1, 0.15) is 0 Å². The Bertz CT molecular complexity index is 311. The van der Waals surface area contributed by atoms with Gasteiger partial charge in [-0.25, -0.2) is 5.06 Å². The van der Waals surface area contributed by atoms with Gasteiger partial charge in [0, 0.05) is 7.05 Å². The molecule has 1 heterocycles. The van der Waals surface area contributed by atoms with E-state index in [2.05, 4.69) is 0 Å². The van der Waals surface area contributed by atoms with Crippen molar-refractivity contribution >= 4 is 13.0 Å². The van der Waals surface area contributed by atoms with Crippen LogP contribution in [0.1, 0.15) is 27.7 Å². The molecule has 6 heteroatoms. The molecule has 1 aliphatic heterocycles. The summed E-state index contributed by atoms with van der Waals surface area (Å²) in [6.07, 6.45) is 1.38. The molecule has 96 valence electrons. The van der Waals surface area contributed by atoms with E-state index in [4.69, 9.17) is 14.1 Å². The van der Waals surface area contributed by atoms with E-state index in [0.717, 1.165) is 5.06 Å². The van der Waals surface area contributed by atoms with Crippen LogP contribution in [0.2, 0.25) is 0 Å². The highest BCUT2D eigenvalue weighted by atomic mass is 16.7. The van der Waals surface area contributed by atoms with E-state index < -0.39 is 18.3 Å². The van der Waals surface area contributed by atoms with E-state index in [9.17, 15) is 4.79 Å². The number of amides is 1. The average molecular weight is 241 g/mol. The topological polar surface area (TPSA) is 48.0 Å². The highest BCUT2D eigenvalue weighted by molar-refractivity contribution is 6.52. The Hall–Kier alpha value is -0.845. The molecule has 0 unspecified atom stereocenters. The minimum Gasteiger partial charge on any atom is -0.400 e. The Morgan fingerprint density at radius 2 is 1.71 bits per heavy atom. The van der Waals surface area contributed by atoms with Crippen molar-refractivity contribution in [1.82, 2.24) is 5.06 Å². The van der Waals surface area contributed by atoms with Crippen molar-refractivity contribution in [2.24, 2.45) is 0 Å². The zero-order valence-electron chi connectivity index (χ0n) is 11.3. The molecule has 0 atom stereocenters. The predicted octanol–water partition coefficient (Wildman–Crippen LogP) is 1.19. The molecule has 0 bridgehead atoms. The van der Waals surface area contributed by atoms with Crippen LogP contribution in [-0.4, -0.2) is 43.4 Å². The molecule has 0 aliphatic carbocycles. The standard InChI is InChI=1S/C11H20BNO4/c1-10(2)11(3,4)17-12(16-10)8-7-9(14)13(5)15-6/h7-8H,1-6H3. The summed E-state index contributed by atoms with van der Waals surface area (Å²) in [5.41, 5.74) is -0.781. The van der Waals surface area contributed by atoms with Gasteiger partial charge in [0.05, 0.1) is 18.3 Å². The summed E-state index contributed by atoms with van der Waals surface area (Å²) < 4.78 is 11.4. The first-order chi connectivity index (χ1) is 7.69. The van der Waals surface area contributed by atoms with Gasteiger partial charge in [0.2, 0.25) is 0 Å². The molecule has 1 rings (SSSR count). The molecule has 1 aliphatic rings. The lowest BCUT2D eigenvalue weighted by molar-refractivity contribution is -0.162. The van der Waals surface area contributed by atoms with Crippen molar-refractivity contribution in [2.45, 2.75) is 38.9 Å². The number of likely N-dealkylation sites (N-methyl/N-ethyl adjacent to an activating group) is 1. The van der Waals surface area contributed by atoms with Crippen molar-refractivity contribution < 1.29 is 18.9 Å². The number of hydroxylamine groups is 2. The normalized spacial score (nSPS) is 22.1. The van der Waals surface area contributed by atoms with Crippen LogP contribution < -0.4 is 0 Å². The molecule has 17 heavy (non-hydrogen) atoms. The van der Waals surface area contributed by atoms with Crippen LogP contribution >= 0.6 is 0 Å². The molecule has 1 fully saturated rings.